The summed E-state index contributed by atoms with van der Waals surface area (Å²) < 4.78 is 0. The molecule has 2 saturated heterocycles. The lowest BCUT2D eigenvalue weighted by molar-refractivity contribution is -0.138. The number of carbonyl (C=O) groups excluding carboxylic acids is 3. The van der Waals surface area contributed by atoms with Crippen LogP contribution in [0.4, 0.5) is 0 Å². The molecule has 2 aliphatic rings. The second kappa shape index (κ2) is 15.6. The number of nitrogens with zero attached hydrogens (tertiary/aromatic N) is 4. The number of likely N-dealkylation sites (tertiary alicyclic amines) is 2. The van der Waals surface area contributed by atoms with Crippen LogP contribution < -0.4 is 10.6 Å². The molecule has 4 aromatic rings. The molecule has 11 nitrogen and oxygen atoms in total. The molecule has 2 fully saturated rings. The zero-order valence-corrected chi connectivity index (χ0v) is 31.2. The summed E-state index contributed by atoms with van der Waals surface area (Å²) in [6.07, 6.45) is 7.22. The number of H-pyrrole nitrogens is 2. The predicted molar refractivity (Wildman–Crippen MR) is 203 cm³/mol. The number of rotatable bonds is 12. The van der Waals surface area contributed by atoms with Crippen LogP contribution in [-0.4, -0.2) is 72.6 Å². The molecule has 2 aromatic carbocycles. The molecule has 0 aliphatic carbocycles. The van der Waals surface area contributed by atoms with E-state index >= 15 is 0 Å². The zero-order chi connectivity index (χ0) is 37.1. The number of aromatic amines is 2. The number of hydrogen-bond acceptors (Lipinski definition) is 6. The highest BCUT2D eigenvalue weighted by Crippen LogP contribution is 2.35. The van der Waals surface area contributed by atoms with Crippen LogP contribution in [0.5, 0.6) is 0 Å². The van der Waals surface area contributed by atoms with Crippen LogP contribution in [0.1, 0.15) is 91.0 Å². The van der Waals surface area contributed by atoms with E-state index in [1.807, 2.05) is 43.0 Å². The molecule has 1 unspecified atom stereocenters. The number of allylic oxidation sites excluding steroid dienone is 1. The van der Waals surface area contributed by atoms with Gasteiger partial charge in [0.15, 0.2) is 0 Å². The van der Waals surface area contributed by atoms with Crippen LogP contribution in [0.3, 0.4) is 0 Å². The summed E-state index contributed by atoms with van der Waals surface area (Å²) in [4.78, 5) is 59.0. The maximum Gasteiger partial charge on any atom is 0.246 e. The van der Waals surface area contributed by atoms with Crippen molar-refractivity contribution in [2.24, 2.45) is 11.8 Å². The first-order valence-electron chi connectivity index (χ1n) is 18.5. The second-order valence-electron chi connectivity index (χ2n) is 15.0. The van der Waals surface area contributed by atoms with Gasteiger partial charge in [0, 0.05) is 25.7 Å². The van der Waals surface area contributed by atoms with Crippen molar-refractivity contribution in [1.29, 1.82) is 0 Å². The quantitative estimate of drug-likeness (QED) is 0.128. The van der Waals surface area contributed by atoms with Crippen molar-refractivity contribution in [3.05, 3.63) is 84.8 Å². The Balaban J connectivity index is 1.11. The van der Waals surface area contributed by atoms with Crippen molar-refractivity contribution in [2.75, 3.05) is 13.1 Å². The van der Waals surface area contributed by atoms with E-state index < -0.39 is 6.04 Å². The summed E-state index contributed by atoms with van der Waals surface area (Å²) >= 11 is 0. The van der Waals surface area contributed by atoms with Crippen molar-refractivity contribution < 1.29 is 14.4 Å². The van der Waals surface area contributed by atoms with Gasteiger partial charge in [0.1, 0.15) is 23.7 Å². The molecular weight excluding hydrogens is 653 g/mol. The molecule has 4 heterocycles. The van der Waals surface area contributed by atoms with Crippen LogP contribution in [0, 0.1) is 11.8 Å². The molecule has 52 heavy (non-hydrogen) atoms. The lowest BCUT2D eigenvalue weighted by Gasteiger charge is -2.31. The molecule has 4 atom stereocenters. The number of nitrogens with one attached hydrogen (secondary N) is 4. The Kier molecular flexibility index (Phi) is 11.0. The Morgan fingerprint density at radius 1 is 0.673 bits per heavy atom. The van der Waals surface area contributed by atoms with Crippen LogP contribution in [-0.2, 0) is 14.4 Å². The summed E-state index contributed by atoms with van der Waals surface area (Å²) in [7, 11) is 0. The first-order chi connectivity index (χ1) is 24.9. The third-order valence-electron chi connectivity index (χ3n) is 10.2. The number of carbonyl (C=O) groups is 3. The molecule has 0 radical (unpaired) electrons. The van der Waals surface area contributed by atoms with Crippen molar-refractivity contribution in [1.82, 2.24) is 40.4 Å². The van der Waals surface area contributed by atoms with Gasteiger partial charge in [-0.25, -0.2) is 9.97 Å². The van der Waals surface area contributed by atoms with Crippen molar-refractivity contribution in [2.45, 2.75) is 91.4 Å². The maximum absolute atomic E-state index is 13.6. The molecule has 0 bridgehead atoms. The minimum atomic E-state index is -0.557. The number of hydrogen-bond donors (Lipinski definition) is 4. The van der Waals surface area contributed by atoms with E-state index in [0.717, 1.165) is 83.2 Å². The number of aromatic nitrogens is 4. The van der Waals surface area contributed by atoms with Crippen LogP contribution in [0.15, 0.2) is 73.2 Å². The first kappa shape index (κ1) is 36.6. The highest BCUT2D eigenvalue weighted by Gasteiger charge is 2.38. The molecule has 2 aromatic heterocycles. The standard InChI is InChI=1S/C41H52N8O3/c1-24(2)36(44-26(5)6)40(51)48-20-8-10-34(48)38-42-22-32(46-38)30-16-12-28(13-17-30)29-14-18-31(19-15-29)33-23-43-39(47-33)35-11-9-21-49(35)41(52)37(25(3)4)45-27(7)50/h12-19,22-25,34-37,44H,5,8-11,20-21H2,1-4,6-7H3,(H,42,46)(H,43,47)(H,45,50)/t34-,35-,36-,37?/m0/s1. The molecule has 4 N–H and O–H groups in total. The number of imidazole rings is 2. The minimum Gasteiger partial charge on any atom is -0.378 e. The van der Waals surface area contributed by atoms with E-state index in [2.05, 4.69) is 94.5 Å². The lowest BCUT2D eigenvalue weighted by atomic mass is 10.0. The fourth-order valence-electron chi connectivity index (χ4n) is 7.49. The van der Waals surface area contributed by atoms with E-state index in [1.54, 1.807) is 0 Å². The highest BCUT2D eigenvalue weighted by atomic mass is 16.2. The molecule has 0 spiro atoms. The van der Waals surface area contributed by atoms with Gasteiger partial charge in [-0.3, -0.25) is 14.4 Å². The Labute approximate surface area is 306 Å². The molecule has 3 amide bonds. The van der Waals surface area contributed by atoms with Gasteiger partial charge in [-0.05, 0) is 66.7 Å². The monoisotopic (exact) mass is 704 g/mol. The molecule has 0 saturated carbocycles. The molecular formula is C41H52N8O3. The Morgan fingerprint density at radius 3 is 1.42 bits per heavy atom. The molecule has 11 heteroatoms. The summed E-state index contributed by atoms with van der Waals surface area (Å²) in [5, 5.41) is 6.11. The fraction of sp³-hybridized carbons (Fsp3) is 0.439. The first-order valence-corrected chi connectivity index (χ1v) is 18.5. The number of benzene rings is 2. The Morgan fingerprint density at radius 2 is 1.06 bits per heavy atom. The van der Waals surface area contributed by atoms with Gasteiger partial charge in [-0.1, -0.05) is 82.8 Å². The third kappa shape index (κ3) is 7.83. The number of amides is 3. The Bertz CT molecular complexity index is 1750. The molecule has 274 valence electrons. The predicted octanol–water partition coefficient (Wildman–Crippen LogP) is 6.77. The fourth-order valence-corrected chi connectivity index (χ4v) is 7.49. The SMILES string of the molecule is C=C(C)N[C@H](C(=O)N1CCC[C@H]1c1ncc(-c2ccc(-c3ccc(-c4cnc([C@@H]5CCCN5C(=O)C(NC(C)=O)C(C)C)[nH]4)cc3)cc2)[nH]1)C(C)C. The van der Waals surface area contributed by atoms with Crippen LogP contribution in [0.2, 0.25) is 0 Å². The van der Waals surface area contributed by atoms with Gasteiger partial charge < -0.3 is 30.4 Å². The van der Waals surface area contributed by atoms with Gasteiger partial charge in [0.05, 0.1) is 35.9 Å². The average molecular weight is 705 g/mol. The lowest BCUT2D eigenvalue weighted by Crippen LogP contribution is -2.50. The van der Waals surface area contributed by atoms with Gasteiger partial charge in [0.25, 0.3) is 0 Å². The van der Waals surface area contributed by atoms with E-state index in [0.29, 0.717) is 6.54 Å². The van der Waals surface area contributed by atoms with E-state index in [9.17, 15) is 14.4 Å². The van der Waals surface area contributed by atoms with E-state index in [1.165, 1.54) is 6.92 Å². The summed E-state index contributed by atoms with van der Waals surface area (Å²) in [6, 6.07) is 15.7. The normalized spacial score (nSPS) is 18.5. The van der Waals surface area contributed by atoms with Crippen molar-refractivity contribution in [3.63, 3.8) is 0 Å². The van der Waals surface area contributed by atoms with Crippen LogP contribution >= 0.6 is 0 Å². The highest BCUT2D eigenvalue weighted by molar-refractivity contribution is 5.87. The largest absolute Gasteiger partial charge is 0.378 e. The summed E-state index contributed by atoms with van der Waals surface area (Å²) in [6.45, 7) is 16.7. The summed E-state index contributed by atoms with van der Waals surface area (Å²) in [5.74, 6) is 1.53. The topological polar surface area (TPSA) is 139 Å². The minimum absolute atomic E-state index is 0.0166. The van der Waals surface area contributed by atoms with Gasteiger partial charge >= 0.3 is 0 Å². The smallest absolute Gasteiger partial charge is 0.246 e. The van der Waals surface area contributed by atoms with Gasteiger partial charge in [-0.2, -0.15) is 0 Å². The summed E-state index contributed by atoms with van der Waals surface area (Å²) in [5.41, 5.74) is 6.82. The maximum atomic E-state index is 13.6. The zero-order valence-electron chi connectivity index (χ0n) is 31.2. The van der Waals surface area contributed by atoms with Gasteiger partial charge in [-0.15, -0.1) is 0 Å². The third-order valence-corrected chi connectivity index (χ3v) is 10.2. The average Bonchev–Trinajstić information content (AvgIpc) is 3.95. The Hall–Kier alpha value is -5.19. The van der Waals surface area contributed by atoms with E-state index in [4.69, 9.17) is 4.98 Å². The van der Waals surface area contributed by atoms with Crippen LogP contribution in [0.25, 0.3) is 33.6 Å². The van der Waals surface area contributed by atoms with Crippen molar-refractivity contribution >= 4 is 17.7 Å². The molecule has 6 rings (SSSR count). The second-order valence-corrected chi connectivity index (χ2v) is 15.0. The van der Waals surface area contributed by atoms with Gasteiger partial charge in [0.2, 0.25) is 17.7 Å². The van der Waals surface area contributed by atoms with Crippen molar-refractivity contribution in [3.8, 4) is 33.6 Å². The molecule has 2 aliphatic heterocycles. The van der Waals surface area contributed by atoms with E-state index in [-0.39, 0.29) is 47.7 Å².